The molecular formula is C27H26N2O5. The number of rotatable bonds is 8. The van der Waals surface area contributed by atoms with Gasteiger partial charge in [-0.15, -0.1) is 0 Å². The number of benzene rings is 3. The summed E-state index contributed by atoms with van der Waals surface area (Å²) >= 11 is 0. The van der Waals surface area contributed by atoms with E-state index in [-0.39, 0.29) is 31.3 Å². The number of fused-ring (bicyclic) bond motifs is 3. The number of anilines is 1. The average Bonchev–Trinajstić information content (AvgIpc) is 3.11. The van der Waals surface area contributed by atoms with Crippen LogP contribution < -0.4 is 10.6 Å². The van der Waals surface area contributed by atoms with Crippen LogP contribution in [-0.4, -0.2) is 35.7 Å². The molecule has 34 heavy (non-hydrogen) atoms. The minimum Gasteiger partial charge on any atom is -0.481 e. The second-order valence-electron chi connectivity index (χ2n) is 8.39. The van der Waals surface area contributed by atoms with E-state index in [1.165, 1.54) is 0 Å². The van der Waals surface area contributed by atoms with Crippen molar-refractivity contribution >= 4 is 23.7 Å². The molecule has 0 bridgehead atoms. The van der Waals surface area contributed by atoms with E-state index in [0.29, 0.717) is 11.3 Å². The molecule has 0 spiro atoms. The summed E-state index contributed by atoms with van der Waals surface area (Å²) < 4.78 is 5.57. The van der Waals surface area contributed by atoms with Crippen LogP contribution >= 0.6 is 0 Å². The lowest BCUT2D eigenvalue weighted by Gasteiger charge is -2.15. The summed E-state index contributed by atoms with van der Waals surface area (Å²) in [7, 11) is 0. The van der Waals surface area contributed by atoms with Crippen molar-refractivity contribution in [1.29, 1.82) is 0 Å². The molecule has 0 saturated heterocycles. The maximum absolute atomic E-state index is 12.5. The van der Waals surface area contributed by atoms with Gasteiger partial charge in [0.15, 0.2) is 0 Å². The average molecular weight is 459 g/mol. The van der Waals surface area contributed by atoms with Gasteiger partial charge < -0.3 is 15.2 Å². The van der Waals surface area contributed by atoms with E-state index < -0.39 is 18.1 Å². The van der Waals surface area contributed by atoms with Crippen LogP contribution in [0.2, 0.25) is 0 Å². The quantitative estimate of drug-likeness (QED) is 0.459. The van der Waals surface area contributed by atoms with Crippen molar-refractivity contribution in [3.8, 4) is 11.1 Å². The summed E-state index contributed by atoms with van der Waals surface area (Å²) in [6, 6.07) is 22.7. The fourth-order valence-corrected chi connectivity index (χ4v) is 4.34. The van der Waals surface area contributed by atoms with Gasteiger partial charge in [0.1, 0.15) is 6.61 Å². The van der Waals surface area contributed by atoms with Crippen molar-refractivity contribution in [2.75, 3.05) is 11.9 Å². The predicted molar refractivity (Wildman–Crippen MR) is 129 cm³/mol. The first-order chi connectivity index (χ1) is 16.4. The Hall–Kier alpha value is -4.13. The Labute approximate surface area is 197 Å². The lowest BCUT2D eigenvalue weighted by atomic mass is 9.98. The largest absolute Gasteiger partial charge is 0.481 e. The highest BCUT2D eigenvalue weighted by Gasteiger charge is 2.29. The second kappa shape index (κ2) is 10.2. The van der Waals surface area contributed by atoms with Gasteiger partial charge in [-0.3, -0.25) is 14.9 Å². The van der Waals surface area contributed by atoms with Crippen LogP contribution in [0.15, 0.2) is 72.8 Å². The Morgan fingerprint density at radius 2 is 1.59 bits per heavy atom. The predicted octanol–water partition coefficient (Wildman–Crippen LogP) is 4.57. The van der Waals surface area contributed by atoms with Crippen LogP contribution in [0.5, 0.6) is 0 Å². The Bertz CT molecular complexity index is 1180. The van der Waals surface area contributed by atoms with E-state index in [4.69, 9.17) is 9.84 Å². The minimum absolute atomic E-state index is 0.0269. The van der Waals surface area contributed by atoms with Crippen LogP contribution in [0.4, 0.5) is 10.5 Å². The molecule has 7 nitrogen and oxygen atoms in total. The van der Waals surface area contributed by atoms with Crippen LogP contribution in [0.1, 0.15) is 36.0 Å². The van der Waals surface area contributed by atoms with Crippen LogP contribution in [-0.2, 0) is 20.7 Å². The third kappa shape index (κ3) is 5.43. The molecule has 0 aromatic heterocycles. The highest BCUT2D eigenvalue weighted by atomic mass is 16.5. The summed E-state index contributed by atoms with van der Waals surface area (Å²) in [5, 5.41) is 14.2. The molecule has 2 amide bonds. The molecule has 7 heteroatoms. The Morgan fingerprint density at radius 1 is 0.941 bits per heavy atom. The van der Waals surface area contributed by atoms with Gasteiger partial charge in [0.2, 0.25) is 5.91 Å². The molecule has 1 aliphatic carbocycles. The van der Waals surface area contributed by atoms with Crippen molar-refractivity contribution in [2.45, 2.75) is 31.7 Å². The Kier molecular flexibility index (Phi) is 6.92. The maximum atomic E-state index is 12.5. The maximum Gasteiger partial charge on any atom is 0.411 e. The number of hydrogen-bond acceptors (Lipinski definition) is 4. The monoisotopic (exact) mass is 458 g/mol. The molecule has 0 unspecified atom stereocenters. The van der Waals surface area contributed by atoms with Crippen LogP contribution in [0.3, 0.4) is 0 Å². The lowest BCUT2D eigenvalue weighted by Crippen LogP contribution is -2.35. The first-order valence-electron chi connectivity index (χ1n) is 11.1. The first kappa shape index (κ1) is 23.0. The number of hydrogen-bond donors (Lipinski definition) is 3. The fraction of sp³-hybridized carbons (Fsp3) is 0.222. The standard InChI is InChI=1S/C27H26N2O5/c1-17(13-26(31)32)28-25(30)15-18-7-6-8-19(14-18)29-27(33)34-16-24-22-11-4-2-9-20(22)21-10-3-5-12-23(21)24/h2-12,14,17,24H,13,15-16H2,1H3,(H,28,30)(H,29,33)(H,31,32)/t17-/m1/s1. The molecular weight excluding hydrogens is 432 g/mol. The number of nitrogens with one attached hydrogen (secondary N) is 2. The summed E-state index contributed by atoms with van der Waals surface area (Å²) in [6.45, 7) is 1.85. The van der Waals surface area contributed by atoms with E-state index in [9.17, 15) is 14.4 Å². The van der Waals surface area contributed by atoms with E-state index >= 15 is 0 Å². The van der Waals surface area contributed by atoms with Crippen molar-refractivity contribution in [2.24, 2.45) is 0 Å². The van der Waals surface area contributed by atoms with Crippen LogP contribution in [0, 0.1) is 0 Å². The van der Waals surface area contributed by atoms with Gasteiger partial charge >= 0.3 is 12.1 Å². The molecule has 3 aromatic rings. The number of aliphatic carboxylic acids is 1. The second-order valence-corrected chi connectivity index (χ2v) is 8.39. The molecule has 0 saturated carbocycles. The zero-order valence-corrected chi connectivity index (χ0v) is 18.8. The number of carboxylic acids is 1. The SMILES string of the molecule is C[C@H](CC(=O)O)NC(=O)Cc1cccc(NC(=O)OCC2c3ccccc3-c3ccccc32)c1. The topological polar surface area (TPSA) is 105 Å². The first-order valence-corrected chi connectivity index (χ1v) is 11.1. The van der Waals surface area contributed by atoms with Gasteiger partial charge in [0.05, 0.1) is 12.8 Å². The van der Waals surface area contributed by atoms with Gasteiger partial charge in [-0.2, -0.15) is 0 Å². The zero-order chi connectivity index (χ0) is 24.1. The smallest absolute Gasteiger partial charge is 0.411 e. The van der Waals surface area contributed by atoms with Crippen molar-refractivity contribution < 1.29 is 24.2 Å². The summed E-state index contributed by atoms with van der Waals surface area (Å²) in [6.07, 6.45) is -0.641. The minimum atomic E-state index is -0.970. The molecule has 1 atom stereocenters. The highest BCUT2D eigenvalue weighted by Crippen LogP contribution is 2.44. The van der Waals surface area contributed by atoms with Crippen molar-refractivity contribution in [1.82, 2.24) is 5.32 Å². The number of ether oxygens (including phenoxy) is 1. The van der Waals surface area contributed by atoms with E-state index in [0.717, 1.165) is 22.3 Å². The van der Waals surface area contributed by atoms with Crippen molar-refractivity contribution in [3.05, 3.63) is 89.5 Å². The summed E-state index contributed by atoms with van der Waals surface area (Å²) in [5.74, 6) is -1.28. The third-order valence-electron chi connectivity index (χ3n) is 5.77. The molecule has 3 N–H and O–H groups in total. The number of carbonyl (C=O) groups is 3. The third-order valence-corrected chi connectivity index (χ3v) is 5.77. The van der Waals surface area contributed by atoms with Gasteiger partial charge in [0.25, 0.3) is 0 Å². The molecule has 3 aromatic carbocycles. The lowest BCUT2D eigenvalue weighted by molar-refractivity contribution is -0.137. The van der Waals surface area contributed by atoms with E-state index in [1.54, 1.807) is 31.2 Å². The van der Waals surface area contributed by atoms with E-state index in [1.807, 2.05) is 24.3 Å². The number of carboxylic acid groups (broad SMARTS) is 1. The summed E-state index contributed by atoms with van der Waals surface area (Å²) in [5.41, 5.74) is 5.81. The van der Waals surface area contributed by atoms with Crippen LogP contribution in [0.25, 0.3) is 11.1 Å². The molecule has 0 fully saturated rings. The molecule has 0 radical (unpaired) electrons. The fourth-order valence-electron chi connectivity index (χ4n) is 4.34. The van der Waals surface area contributed by atoms with Gasteiger partial charge in [-0.25, -0.2) is 4.79 Å². The highest BCUT2D eigenvalue weighted by molar-refractivity contribution is 5.86. The molecule has 0 aliphatic heterocycles. The van der Waals surface area contributed by atoms with Crippen molar-refractivity contribution in [3.63, 3.8) is 0 Å². The number of carbonyl (C=O) groups excluding carboxylic acids is 2. The Balaban J connectivity index is 1.34. The molecule has 1 aliphatic rings. The number of amides is 2. The summed E-state index contributed by atoms with van der Waals surface area (Å²) in [4.78, 5) is 35.4. The van der Waals surface area contributed by atoms with E-state index in [2.05, 4.69) is 34.9 Å². The van der Waals surface area contributed by atoms with Gasteiger partial charge in [0, 0.05) is 17.6 Å². The Morgan fingerprint density at radius 3 is 2.24 bits per heavy atom. The molecule has 4 rings (SSSR count). The van der Waals surface area contributed by atoms with Gasteiger partial charge in [-0.05, 0) is 46.9 Å². The van der Waals surface area contributed by atoms with Gasteiger partial charge in [-0.1, -0.05) is 60.7 Å². The molecule has 0 heterocycles. The zero-order valence-electron chi connectivity index (χ0n) is 18.8. The molecule has 174 valence electrons. The normalized spacial score (nSPS) is 12.9.